The molecule has 1 aromatic heterocycles. The maximum absolute atomic E-state index is 12.6. The fourth-order valence-corrected chi connectivity index (χ4v) is 4.89. The van der Waals surface area contributed by atoms with E-state index in [0.29, 0.717) is 0 Å². The van der Waals surface area contributed by atoms with Crippen LogP contribution in [-0.4, -0.2) is 25.4 Å². The summed E-state index contributed by atoms with van der Waals surface area (Å²) in [7, 11) is 1.67. The van der Waals surface area contributed by atoms with E-state index in [2.05, 4.69) is 12.2 Å². The van der Waals surface area contributed by atoms with E-state index in [-0.39, 0.29) is 20.3 Å². The molecule has 0 radical (unpaired) electrons. The number of fused-ring (bicyclic) bond motifs is 1. The second-order valence-corrected chi connectivity index (χ2v) is 7.96. The normalized spacial score (nSPS) is 11.3. The zero-order valence-electron chi connectivity index (χ0n) is 14.3. The van der Waals surface area contributed by atoms with Crippen molar-refractivity contribution in [1.29, 1.82) is 0 Å². The van der Waals surface area contributed by atoms with Crippen molar-refractivity contribution in [3.63, 3.8) is 0 Å². The van der Waals surface area contributed by atoms with Crippen LogP contribution in [0.15, 0.2) is 77.6 Å². The summed E-state index contributed by atoms with van der Waals surface area (Å²) in [6.07, 6.45) is 4.11. The Morgan fingerprint density at radius 2 is 1.65 bits per heavy atom. The first-order chi connectivity index (χ1) is 12.7. The van der Waals surface area contributed by atoms with Gasteiger partial charge in [-0.15, -0.1) is 0 Å². The van der Waals surface area contributed by atoms with E-state index in [1.54, 1.807) is 7.11 Å². The minimum absolute atomic E-state index is 0.00558. The average Bonchev–Trinajstić information content (AvgIpc) is 3.04. The van der Waals surface area contributed by atoms with Gasteiger partial charge in [-0.1, -0.05) is 0 Å². The molecule has 26 heavy (non-hydrogen) atoms. The minimum atomic E-state index is 0.00558. The van der Waals surface area contributed by atoms with Crippen LogP contribution in [0, 0.1) is 0 Å². The molecule has 4 aromatic rings. The van der Waals surface area contributed by atoms with Crippen LogP contribution in [-0.2, 0) is 0 Å². The van der Waals surface area contributed by atoms with Gasteiger partial charge in [0.2, 0.25) is 0 Å². The van der Waals surface area contributed by atoms with Crippen molar-refractivity contribution in [1.82, 2.24) is 3.56 Å². The van der Waals surface area contributed by atoms with Crippen LogP contribution in [0.2, 0.25) is 0 Å². The third-order valence-electron chi connectivity index (χ3n) is 4.18. The molecule has 128 valence electrons. The van der Waals surface area contributed by atoms with Gasteiger partial charge in [0.25, 0.3) is 0 Å². The van der Waals surface area contributed by atoms with E-state index in [9.17, 15) is 4.79 Å². The van der Waals surface area contributed by atoms with Crippen molar-refractivity contribution in [2.45, 2.75) is 0 Å². The predicted octanol–water partition coefficient (Wildman–Crippen LogP) is 4.23. The number of rotatable bonds is 4. The van der Waals surface area contributed by atoms with Gasteiger partial charge < -0.3 is 0 Å². The fraction of sp³-hybridized carbons (Fsp3) is 0.0455. The maximum atomic E-state index is 12.6. The van der Waals surface area contributed by atoms with E-state index in [1.165, 1.54) is 0 Å². The van der Waals surface area contributed by atoms with Crippen LogP contribution < -0.4 is 10.3 Å². The van der Waals surface area contributed by atoms with Gasteiger partial charge in [-0.2, -0.15) is 0 Å². The number of hydrogen-bond acceptors (Lipinski definition) is 2. The van der Waals surface area contributed by atoms with Crippen LogP contribution in [0.1, 0.15) is 11.1 Å². The van der Waals surface area contributed by atoms with E-state index in [1.807, 2.05) is 76.4 Å². The van der Waals surface area contributed by atoms with Gasteiger partial charge in [0, 0.05) is 0 Å². The van der Waals surface area contributed by atoms with Crippen LogP contribution in [0.3, 0.4) is 0 Å². The van der Waals surface area contributed by atoms with Crippen LogP contribution in [0.25, 0.3) is 27.5 Å². The van der Waals surface area contributed by atoms with Crippen molar-refractivity contribution in [2.24, 2.45) is 0 Å². The molecule has 4 heteroatoms. The van der Waals surface area contributed by atoms with Gasteiger partial charge in [0.05, 0.1) is 0 Å². The van der Waals surface area contributed by atoms with Crippen LogP contribution in [0.5, 0.6) is 5.75 Å². The Labute approximate surface area is 157 Å². The molecule has 4 rings (SSSR count). The van der Waals surface area contributed by atoms with Crippen molar-refractivity contribution in [3.8, 4) is 11.4 Å². The first-order valence-corrected chi connectivity index (χ1v) is 9.90. The van der Waals surface area contributed by atoms with Gasteiger partial charge in [-0.05, 0) is 0 Å². The van der Waals surface area contributed by atoms with E-state index in [0.717, 1.165) is 32.2 Å². The molecule has 0 aliphatic carbocycles. The van der Waals surface area contributed by atoms with E-state index < -0.39 is 0 Å². The molecule has 0 amide bonds. The molecule has 0 unspecified atom stereocenters. The molecular weight excluding hydrogens is 389 g/mol. The van der Waals surface area contributed by atoms with Crippen LogP contribution >= 0.6 is 0 Å². The molecule has 0 saturated carbocycles. The number of aromatic nitrogens is 1. The summed E-state index contributed by atoms with van der Waals surface area (Å²) in [6.45, 7) is 0. The van der Waals surface area contributed by atoms with Gasteiger partial charge >= 0.3 is 158 Å². The molecule has 0 aliphatic heterocycles. The number of nitrogens with zero attached hydrogens (tertiary/aromatic N) is 1. The van der Waals surface area contributed by atoms with Crippen molar-refractivity contribution in [2.75, 3.05) is 7.11 Å². The van der Waals surface area contributed by atoms with Gasteiger partial charge in [0.1, 0.15) is 0 Å². The summed E-state index contributed by atoms with van der Waals surface area (Å²) in [4.78, 5) is 12.6. The molecule has 3 aromatic carbocycles. The second kappa shape index (κ2) is 7.20. The molecule has 0 spiro atoms. The second-order valence-electron chi connectivity index (χ2n) is 5.89. The van der Waals surface area contributed by atoms with E-state index >= 15 is 0 Å². The summed E-state index contributed by atoms with van der Waals surface area (Å²) >= 11 is 0.00558. The zero-order valence-corrected chi connectivity index (χ0v) is 16.0. The summed E-state index contributed by atoms with van der Waals surface area (Å²) in [5.74, 6) is 0.844. The summed E-state index contributed by atoms with van der Waals surface area (Å²) in [5.41, 5.74) is 3.22. The Kier molecular flexibility index (Phi) is 4.61. The van der Waals surface area contributed by atoms with Gasteiger partial charge in [-0.3, -0.25) is 0 Å². The van der Waals surface area contributed by atoms with E-state index in [4.69, 9.17) is 4.74 Å². The molecule has 0 aliphatic rings. The monoisotopic (exact) mass is 407 g/mol. The van der Waals surface area contributed by atoms with Crippen molar-refractivity contribution in [3.05, 3.63) is 94.3 Å². The van der Waals surface area contributed by atoms with Crippen molar-refractivity contribution < 1.29 is 4.74 Å². The molecule has 0 N–H and O–H groups in total. The number of hydrogen-bond donors (Lipinski definition) is 0. The Morgan fingerprint density at radius 3 is 2.42 bits per heavy atom. The quantitative estimate of drug-likeness (QED) is 0.375. The third kappa shape index (κ3) is 3.30. The Bertz CT molecular complexity index is 1140. The first-order valence-electron chi connectivity index (χ1n) is 8.28. The summed E-state index contributed by atoms with van der Waals surface area (Å²) < 4.78 is 8.27. The number of benzene rings is 3. The zero-order chi connectivity index (χ0) is 17.9. The first kappa shape index (κ1) is 16.6. The Morgan fingerprint density at radius 1 is 0.885 bits per heavy atom. The standard InChI is InChI=1S/C22H17NO2Se/c1-25-19-6-4-5-17(15-19)10-9-16-11-13-18(14-12-16)23-22(24)20-7-2-3-8-21(20)26-23/h2-15H,1H3/b10-9+. The fourth-order valence-electron chi connectivity index (χ4n) is 2.80. The summed E-state index contributed by atoms with van der Waals surface area (Å²) in [6, 6.07) is 23.9. The number of methoxy groups -OCH3 is 1. The van der Waals surface area contributed by atoms with Gasteiger partial charge in [0.15, 0.2) is 0 Å². The molecular formula is C22H17NO2Se. The molecule has 0 atom stereocenters. The third-order valence-corrected chi connectivity index (χ3v) is 6.51. The SMILES string of the molecule is COc1cccc(/C=C/c2ccc(-n3[se]c4ccccc4c3=O)cc2)c1. The topological polar surface area (TPSA) is 31.2 Å². The number of ether oxygens (including phenoxy) is 1. The molecule has 0 bridgehead atoms. The van der Waals surface area contributed by atoms with Crippen molar-refractivity contribution >= 4 is 36.5 Å². The molecule has 1 heterocycles. The summed E-state index contributed by atoms with van der Waals surface area (Å²) in [5, 5.41) is 0.828. The molecule has 3 nitrogen and oxygen atoms in total. The van der Waals surface area contributed by atoms with Gasteiger partial charge in [-0.25, -0.2) is 0 Å². The molecule has 0 fully saturated rings. The predicted molar refractivity (Wildman–Crippen MR) is 108 cm³/mol. The Hall–Kier alpha value is -2.81. The Balaban J connectivity index is 1.61. The average molecular weight is 406 g/mol. The van der Waals surface area contributed by atoms with Crippen LogP contribution in [0.4, 0.5) is 0 Å². The molecule has 0 saturated heterocycles.